The predicted octanol–water partition coefficient (Wildman–Crippen LogP) is 2.81. The molecule has 0 radical (unpaired) electrons. The third-order valence-corrected chi connectivity index (χ3v) is 3.23. The zero-order valence-electron chi connectivity index (χ0n) is 11.5. The highest BCUT2D eigenvalue weighted by molar-refractivity contribution is 6.31. The third kappa shape index (κ3) is 4.48. The molecule has 2 N–H and O–H groups in total. The Kier molecular flexibility index (Phi) is 5.76. The monoisotopic (exact) mass is 286 g/mol. The maximum atomic E-state index is 13.6. The van der Waals surface area contributed by atoms with Crippen LogP contribution in [-0.4, -0.2) is 23.9 Å². The minimum atomic E-state index is -0.560. The van der Waals surface area contributed by atoms with Crippen molar-refractivity contribution in [3.8, 4) is 0 Å². The molecule has 0 aliphatic carbocycles. The van der Waals surface area contributed by atoms with E-state index in [-0.39, 0.29) is 12.5 Å². The molecule has 0 spiro atoms. The quantitative estimate of drug-likeness (QED) is 0.905. The molecule has 1 atom stereocenters. The number of halogens is 2. The average molecular weight is 287 g/mol. The second-order valence-corrected chi connectivity index (χ2v) is 5.54. The van der Waals surface area contributed by atoms with Gasteiger partial charge in [0.15, 0.2) is 0 Å². The maximum absolute atomic E-state index is 13.6. The summed E-state index contributed by atoms with van der Waals surface area (Å²) < 4.78 is 13.6. The van der Waals surface area contributed by atoms with Gasteiger partial charge in [-0.1, -0.05) is 31.5 Å². The summed E-state index contributed by atoms with van der Waals surface area (Å²) in [5.41, 5.74) is 6.15. The Morgan fingerprint density at radius 3 is 2.63 bits per heavy atom. The van der Waals surface area contributed by atoms with Crippen molar-refractivity contribution in [2.45, 2.75) is 32.9 Å². The van der Waals surface area contributed by atoms with Crippen LogP contribution in [0.5, 0.6) is 0 Å². The molecule has 3 nitrogen and oxygen atoms in total. The van der Waals surface area contributed by atoms with Crippen molar-refractivity contribution in [3.63, 3.8) is 0 Å². The van der Waals surface area contributed by atoms with Crippen molar-refractivity contribution in [3.05, 3.63) is 34.6 Å². The normalized spacial score (nSPS) is 12.6. The Hall–Kier alpha value is -1.13. The van der Waals surface area contributed by atoms with E-state index in [2.05, 4.69) is 0 Å². The van der Waals surface area contributed by atoms with Gasteiger partial charge in [0.05, 0.1) is 6.04 Å². The number of carbonyl (C=O) groups is 1. The topological polar surface area (TPSA) is 46.3 Å². The zero-order valence-corrected chi connectivity index (χ0v) is 12.2. The van der Waals surface area contributed by atoms with Crippen LogP contribution in [0.3, 0.4) is 0 Å². The third-order valence-electron chi connectivity index (χ3n) is 2.88. The molecule has 1 aromatic carbocycles. The first-order chi connectivity index (χ1) is 8.82. The standard InChI is InChI=1S/C14H20ClFN2O/c1-9(2)7-13(17)14(19)18(3)8-10-11(15)5-4-6-12(10)16/h4-6,9,13H,7-8,17H2,1-3H3/t13-/m0/s1. The van der Waals surface area contributed by atoms with Crippen LogP contribution in [0.25, 0.3) is 0 Å². The molecule has 0 aromatic heterocycles. The van der Waals surface area contributed by atoms with Gasteiger partial charge in [0.1, 0.15) is 5.82 Å². The van der Waals surface area contributed by atoms with Gasteiger partial charge in [-0.2, -0.15) is 0 Å². The number of likely N-dealkylation sites (N-methyl/N-ethyl adjacent to an activating group) is 1. The fourth-order valence-corrected chi connectivity index (χ4v) is 2.11. The fourth-order valence-electron chi connectivity index (χ4n) is 1.89. The summed E-state index contributed by atoms with van der Waals surface area (Å²) in [6.07, 6.45) is 0.605. The molecule has 5 heteroatoms. The number of amides is 1. The molecule has 0 heterocycles. The van der Waals surface area contributed by atoms with E-state index in [1.54, 1.807) is 13.1 Å². The average Bonchev–Trinajstić information content (AvgIpc) is 2.32. The van der Waals surface area contributed by atoms with E-state index in [4.69, 9.17) is 17.3 Å². The lowest BCUT2D eigenvalue weighted by Crippen LogP contribution is -2.42. The van der Waals surface area contributed by atoms with E-state index in [1.807, 2.05) is 13.8 Å². The zero-order chi connectivity index (χ0) is 14.6. The van der Waals surface area contributed by atoms with Gasteiger partial charge in [-0.3, -0.25) is 4.79 Å². The lowest BCUT2D eigenvalue weighted by atomic mass is 10.0. The summed E-state index contributed by atoms with van der Waals surface area (Å²) in [7, 11) is 1.60. The number of hydrogen-bond donors (Lipinski definition) is 1. The highest BCUT2D eigenvalue weighted by Crippen LogP contribution is 2.20. The van der Waals surface area contributed by atoms with E-state index in [0.29, 0.717) is 22.9 Å². The number of benzene rings is 1. The molecule has 0 aliphatic heterocycles. The van der Waals surface area contributed by atoms with Crippen LogP contribution in [0.4, 0.5) is 4.39 Å². The van der Waals surface area contributed by atoms with Crippen LogP contribution in [0.15, 0.2) is 18.2 Å². The van der Waals surface area contributed by atoms with Crippen LogP contribution in [0, 0.1) is 11.7 Å². The van der Waals surface area contributed by atoms with E-state index in [1.165, 1.54) is 17.0 Å². The van der Waals surface area contributed by atoms with Crippen molar-refractivity contribution in [1.29, 1.82) is 0 Å². The largest absolute Gasteiger partial charge is 0.340 e. The number of carbonyl (C=O) groups excluding carboxylic acids is 1. The van der Waals surface area contributed by atoms with Crippen molar-refractivity contribution in [2.24, 2.45) is 11.7 Å². The van der Waals surface area contributed by atoms with Gasteiger partial charge in [0, 0.05) is 24.2 Å². The van der Waals surface area contributed by atoms with Gasteiger partial charge in [-0.25, -0.2) is 4.39 Å². The highest BCUT2D eigenvalue weighted by atomic mass is 35.5. The Morgan fingerprint density at radius 2 is 2.11 bits per heavy atom. The van der Waals surface area contributed by atoms with Gasteiger partial charge >= 0.3 is 0 Å². The predicted molar refractivity (Wildman–Crippen MR) is 75.3 cm³/mol. The van der Waals surface area contributed by atoms with Crippen molar-refractivity contribution < 1.29 is 9.18 Å². The molecule has 19 heavy (non-hydrogen) atoms. The second kappa shape index (κ2) is 6.87. The Balaban J connectivity index is 2.74. The molecule has 0 fully saturated rings. The van der Waals surface area contributed by atoms with E-state index in [9.17, 15) is 9.18 Å². The molecule has 106 valence electrons. The van der Waals surface area contributed by atoms with E-state index >= 15 is 0 Å². The van der Waals surface area contributed by atoms with Crippen molar-refractivity contribution in [1.82, 2.24) is 4.90 Å². The number of rotatable bonds is 5. The van der Waals surface area contributed by atoms with Crippen molar-refractivity contribution >= 4 is 17.5 Å². The van der Waals surface area contributed by atoms with Crippen LogP contribution in [-0.2, 0) is 11.3 Å². The van der Waals surface area contributed by atoms with Crippen LogP contribution < -0.4 is 5.73 Å². The highest BCUT2D eigenvalue weighted by Gasteiger charge is 2.20. The number of nitrogens with two attached hydrogens (primary N) is 1. The summed E-state index contributed by atoms with van der Waals surface area (Å²) in [6, 6.07) is 3.91. The second-order valence-electron chi connectivity index (χ2n) is 5.13. The van der Waals surface area contributed by atoms with Gasteiger partial charge in [-0.05, 0) is 24.5 Å². The molecular formula is C14H20ClFN2O. The lowest BCUT2D eigenvalue weighted by molar-refractivity contribution is -0.132. The fraction of sp³-hybridized carbons (Fsp3) is 0.500. The summed E-state index contributed by atoms with van der Waals surface area (Å²) in [5, 5.41) is 0.317. The molecular weight excluding hydrogens is 267 g/mol. The minimum Gasteiger partial charge on any atom is -0.340 e. The summed E-state index contributed by atoms with van der Waals surface area (Å²) in [5.74, 6) is -0.276. The van der Waals surface area contributed by atoms with Gasteiger partial charge in [0.2, 0.25) is 5.91 Å². The van der Waals surface area contributed by atoms with Gasteiger partial charge in [0.25, 0.3) is 0 Å². The van der Waals surface area contributed by atoms with Crippen LogP contribution in [0.1, 0.15) is 25.8 Å². The smallest absolute Gasteiger partial charge is 0.239 e. The number of nitrogens with zero attached hydrogens (tertiary/aromatic N) is 1. The summed E-state index contributed by atoms with van der Waals surface area (Å²) >= 11 is 5.93. The molecule has 1 amide bonds. The first-order valence-corrected chi connectivity index (χ1v) is 6.64. The molecule has 0 bridgehead atoms. The molecule has 0 unspecified atom stereocenters. The van der Waals surface area contributed by atoms with Crippen LogP contribution >= 0.6 is 11.6 Å². The lowest BCUT2D eigenvalue weighted by Gasteiger charge is -2.23. The SMILES string of the molecule is CC(C)C[C@H](N)C(=O)N(C)Cc1c(F)cccc1Cl. The van der Waals surface area contributed by atoms with E-state index in [0.717, 1.165) is 0 Å². The Bertz CT molecular complexity index is 431. The molecule has 0 aliphatic rings. The molecule has 0 saturated heterocycles. The van der Waals surface area contributed by atoms with Crippen LogP contribution in [0.2, 0.25) is 5.02 Å². The van der Waals surface area contributed by atoms with Gasteiger partial charge in [-0.15, -0.1) is 0 Å². The van der Waals surface area contributed by atoms with Crippen molar-refractivity contribution in [2.75, 3.05) is 7.05 Å². The summed E-state index contributed by atoms with van der Waals surface area (Å²) in [4.78, 5) is 13.5. The summed E-state index contributed by atoms with van der Waals surface area (Å²) in [6.45, 7) is 4.12. The minimum absolute atomic E-state index is 0.121. The molecule has 1 aromatic rings. The maximum Gasteiger partial charge on any atom is 0.239 e. The first kappa shape index (κ1) is 15.9. The van der Waals surface area contributed by atoms with E-state index < -0.39 is 11.9 Å². The molecule has 1 rings (SSSR count). The first-order valence-electron chi connectivity index (χ1n) is 6.26. The Labute approximate surface area is 118 Å². The molecule has 0 saturated carbocycles. The number of hydrogen-bond acceptors (Lipinski definition) is 2. The Morgan fingerprint density at radius 1 is 1.47 bits per heavy atom. The van der Waals surface area contributed by atoms with Gasteiger partial charge < -0.3 is 10.6 Å².